The van der Waals surface area contributed by atoms with E-state index in [1.54, 1.807) is 0 Å². The van der Waals surface area contributed by atoms with Crippen molar-refractivity contribution in [2.24, 2.45) is 5.92 Å². The fourth-order valence-corrected chi connectivity index (χ4v) is 0.628. The van der Waals surface area contributed by atoms with Gasteiger partial charge in [-0.05, 0) is 6.92 Å². The highest BCUT2D eigenvalue weighted by Gasteiger charge is 2.23. The first-order valence-corrected chi connectivity index (χ1v) is 4.18. The molecule has 0 spiro atoms. The largest absolute Gasteiger partial charge is 0.461 e. The van der Waals surface area contributed by atoms with Crippen molar-refractivity contribution in [2.75, 3.05) is 13.2 Å². The van der Waals surface area contributed by atoms with Crippen molar-refractivity contribution in [1.82, 2.24) is 0 Å². The monoisotopic (exact) mass is 198 g/mol. The number of ether oxygens (including phenoxy) is 2. The predicted molar refractivity (Wildman–Crippen MR) is 51.5 cm³/mol. The van der Waals surface area contributed by atoms with Crippen molar-refractivity contribution in [3.05, 3.63) is 25.3 Å². The Morgan fingerprint density at radius 3 is 1.79 bits per heavy atom. The molecule has 0 aromatic heterocycles. The first-order chi connectivity index (χ1) is 6.63. The minimum Gasteiger partial charge on any atom is -0.461 e. The molecular weight excluding hydrogens is 184 g/mol. The van der Waals surface area contributed by atoms with Crippen LogP contribution < -0.4 is 0 Å². The number of rotatable bonds is 6. The quantitative estimate of drug-likeness (QED) is 0.364. The van der Waals surface area contributed by atoms with Crippen LogP contribution >= 0.6 is 0 Å². The van der Waals surface area contributed by atoms with Crippen LogP contribution in [0.25, 0.3) is 0 Å². The third kappa shape index (κ3) is 4.45. The fourth-order valence-electron chi connectivity index (χ4n) is 0.628. The zero-order valence-corrected chi connectivity index (χ0v) is 8.19. The number of carbonyl (C=O) groups excluding carboxylic acids is 2. The lowest BCUT2D eigenvalue weighted by molar-refractivity contribution is -0.159. The fraction of sp³-hybridized carbons (Fsp3) is 0.400. The van der Waals surface area contributed by atoms with Gasteiger partial charge in [-0.3, -0.25) is 9.59 Å². The molecule has 0 bridgehead atoms. The summed E-state index contributed by atoms with van der Waals surface area (Å²) in [6.45, 7) is 8.38. The molecule has 0 amide bonds. The van der Waals surface area contributed by atoms with Crippen LogP contribution in [0.4, 0.5) is 0 Å². The van der Waals surface area contributed by atoms with Crippen LogP contribution in [0.1, 0.15) is 6.92 Å². The van der Waals surface area contributed by atoms with Crippen LogP contribution in [0, 0.1) is 5.92 Å². The van der Waals surface area contributed by atoms with E-state index in [9.17, 15) is 9.59 Å². The van der Waals surface area contributed by atoms with E-state index in [1.807, 2.05) is 0 Å². The van der Waals surface area contributed by atoms with Gasteiger partial charge < -0.3 is 9.47 Å². The highest BCUT2D eigenvalue weighted by molar-refractivity contribution is 5.94. The molecule has 14 heavy (non-hydrogen) atoms. The Morgan fingerprint density at radius 1 is 1.14 bits per heavy atom. The predicted octanol–water partition coefficient (Wildman–Crippen LogP) is 1.08. The zero-order chi connectivity index (χ0) is 11.0. The summed E-state index contributed by atoms with van der Waals surface area (Å²) in [5, 5.41) is 0. The molecule has 0 N–H and O–H groups in total. The molecule has 0 saturated heterocycles. The molecule has 0 unspecified atom stereocenters. The van der Waals surface area contributed by atoms with E-state index in [1.165, 1.54) is 19.1 Å². The Kier molecular flexibility index (Phi) is 6.11. The van der Waals surface area contributed by atoms with Crippen LogP contribution in [-0.2, 0) is 19.1 Å². The highest BCUT2D eigenvalue weighted by atomic mass is 16.6. The molecule has 0 heterocycles. The average molecular weight is 198 g/mol. The van der Waals surface area contributed by atoms with Gasteiger partial charge in [-0.15, -0.1) is 0 Å². The number of carbonyl (C=O) groups is 2. The van der Waals surface area contributed by atoms with Crippen LogP contribution in [0.5, 0.6) is 0 Å². The van der Waals surface area contributed by atoms with Gasteiger partial charge in [0, 0.05) is 0 Å². The van der Waals surface area contributed by atoms with Crippen molar-refractivity contribution in [2.45, 2.75) is 6.92 Å². The van der Waals surface area contributed by atoms with Crippen LogP contribution in [-0.4, -0.2) is 25.2 Å². The molecule has 0 aromatic rings. The van der Waals surface area contributed by atoms with Gasteiger partial charge in [-0.1, -0.05) is 25.3 Å². The van der Waals surface area contributed by atoms with Gasteiger partial charge >= 0.3 is 11.9 Å². The number of esters is 2. The Balaban J connectivity index is 3.96. The van der Waals surface area contributed by atoms with Gasteiger partial charge in [0.25, 0.3) is 0 Å². The minimum atomic E-state index is -0.908. The Labute approximate surface area is 83.2 Å². The summed E-state index contributed by atoms with van der Waals surface area (Å²) in [7, 11) is 0. The van der Waals surface area contributed by atoms with E-state index in [-0.39, 0.29) is 13.2 Å². The SMILES string of the molecule is C=CCOC(=O)C(C)C(=O)OCC=C. The number of hydrogen-bond acceptors (Lipinski definition) is 4. The van der Waals surface area contributed by atoms with Gasteiger partial charge in [0.15, 0.2) is 5.92 Å². The Morgan fingerprint density at radius 2 is 1.50 bits per heavy atom. The van der Waals surface area contributed by atoms with Gasteiger partial charge in [-0.2, -0.15) is 0 Å². The van der Waals surface area contributed by atoms with Crippen molar-refractivity contribution >= 4 is 11.9 Å². The summed E-state index contributed by atoms with van der Waals surface area (Å²) in [5.74, 6) is -2.13. The summed E-state index contributed by atoms with van der Waals surface area (Å²) >= 11 is 0. The van der Waals surface area contributed by atoms with Gasteiger partial charge in [0.05, 0.1) is 0 Å². The Bertz CT molecular complexity index is 208. The van der Waals surface area contributed by atoms with Gasteiger partial charge in [0.1, 0.15) is 13.2 Å². The molecule has 0 saturated carbocycles. The van der Waals surface area contributed by atoms with E-state index in [4.69, 9.17) is 0 Å². The molecule has 0 atom stereocenters. The summed E-state index contributed by atoms with van der Waals surface area (Å²) in [6.07, 6.45) is 2.86. The van der Waals surface area contributed by atoms with Crippen molar-refractivity contribution in [1.29, 1.82) is 0 Å². The lowest BCUT2D eigenvalue weighted by Crippen LogP contribution is -2.25. The number of hydrogen-bond donors (Lipinski definition) is 0. The van der Waals surface area contributed by atoms with E-state index >= 15 is 0 Å². The maximum absolute atomic E-state index is 11.1. The summed E-state index contributed by atoms with van der Waals surface area (Å²) in [5.41, 5.74) is 0. The molecule has 0 rings (SSSR count). The molecule has 78 valence electrons. The first-order valence-electron chi connectivity index (χ1n) is 4.18. The summed E-state index contributed by atoms with van der Waals surface area (Å²) in [6, 6.07) is 0. The maximum Gasteiger partial charge on any atom is 0.320 e. The second-order valence-electron chi connectivity index (χ2n) is 2.56. The van der Waals surface area contributed by atoms with Crippen molar-refractivity contribution in [3.8, 4) is 0 Å². The Hall–Kier alpha value is -1.58. The molecule has 0 aromatic carbocycles. The van der Waals surface area contributed by atoms with E-state index in [2.05, 4.69) is 22.6 Å². The van der Waals surface area contributed by atoms with E-state index in [0.717, 1.165) is 0 Å². The normalized spacial score (nSPS) is 9.29. The van der Waals surface area contributed by atoms with Crippen molar-refractivity contribution < 1.29 is 19.1 Å². The first kappa shape index (κ1) is 12.4. The molecule has 0 radical (unpaired) electrons. The third-order valence-corrected chi connectivity index (χ3v) is 1.39. The van der Waals surface area contributed by atoms with E-state index < -0.39 is 17.9 Å². The van der Waals surface area contributed by atoms with Crippen LogP contribution in [0.2, 0.25) is 0 Å². The summed E-state index contributed by atoms with van der Waals surface area (Å²) in [4.78, 5) is 22.2. The molecule has 0 aliphatic carbocycles. The third-order valence-electron chi connectivity index (χ3n) is 1.39. The molecule has 4 heteroatoms. The second kappa shape index (κ2) is 6.88. The average Bonchev–Trinajstić information content (AvgIpc) is 2.21. The highest BCUT2D eigenvalue weighted by Crippen LogP contribution is 2.01. The maximum atomic E-state index is 11.1. The zero-order valence-electron chi connectivity index (χ0n) is 8.19. The topological polar surface area (TPSA) is 52.6 Å². The molecule has 0 aliphatic rings. The van der Waals surface area contributed by atoms with E-state index in [0.29, 0.717) is 0 Å². The molecule has 0 fully saturated rings. The van der Waals surface area contributed by atoms with Gasteiger partial charge in [0.2, 0.25) is 0 Å². The van der Waals surface area contributed by atoms with Gasteiger partial charge in [-0.25, -0.2) is 0 Å². The lowest BCUT2D eigenvalue weighted by Gasteiger charge is -2.08. The molecule has 0 aliphatic heterocycles. The molecular formula is C10H14O4. The van der Waals surface area contributed by atoms with Crippen LogP contribution in [0.15, 0.2) is 25.3 Å². The minimum absolute atomic E-state index is 0.0952. The lowest BCUT2D eigenvalue weighted by atomic mass is 10.2. The standard InChI is InChI=1S/C10H14O4/c1-4-6-13-9(11)8(3)10(12)14-7-5-2/h4-5,8H,1-2,6-7H2,3H3. The van der Waals surface area contributed by atoms with Crippen molar-refractivity contribution in [3.63, 3.8) is 0 Å². The van der Waals surface area contributed by atoms with Crippen LogP contribution in [0.3, 0.4) is 0 Å². The smallest absolute Gasteiger partial charge is 0.320 e. The summed E-state index contributed by atoms with van der Waals surface area (Å²) < 4.78 is 9.34. The second-order valence-corrected chi connectivity index (χ2v) is 2.56. The molecule has 4 nitrogen and oxygen atoms in total.